The van der Waals surface area contributed by atoms with Crippen molar-refractivity contribution in [3.8, 4) is 0 Å². The molecule has 2 fully saturated rings. The monoisotopic (exact) mass is 240 g/mol. The molecule has 2 saturated carbocycles. The summed E-state index contributed by atoms with van der Waals surface area (Å²) in [5.41, 5.74) is -0.289. The molecule has 4 heteroatoms. The van der Waals surface area contributed by atoms with E-state index in [-0.39, 0.29) is 11.6 Å². The molecular weight excluding hydrogens is 220 g/mol. The van der Waals surface area contributed by atoms with E-state index in [2.05, 4.69) is 0 Å². The maximum atomic E-state index is 11.6. The average Bonchev–Trinajstić information content (AvgIpc) is 2.25. The van der Waals surface area contributed by atoms with Gasteiger partial charge in [-0.2, -0.15) is 0 Å². The zero-order valence-electron chi connectivity index (χ0n) is 10.5. The summed E-state index contributed by atoms with van der Waals surface area (Å²) in [7, 11) is 1.68. The number of Topliss-reactive ketones (excluding diaryl/α,β-unsaturated/α-hetero) is 1. The largest absolute Gasteiger partial charge is 0.466 e. The molecule has 0 spiro atoms. The van der Waals surface area contributed by atoms with Crippen molar-refractivity contribution in [1.29, 1.82) is 0 Å². The number of hydrogen-bond donors (Lipinski definition) is 0. The smallest absolute Gasteiger partial charge is 0.302 e. The van der Waals surface area contributed by atoms with Gasteiger partial charge >= 0.3 is 5.97 Å². The number of carbonyl (C=O) groups is 2. The second kappa shape index (κ2) is 4.77. The van der Waals surface area contributed by atoms with E-state index in [0.717, 1.165) is 19.3 Å². The van der Waals surface area contributed by atoms with Crippen LogP contribution < -0.4 is 0 Å². The summed E-state index contributed by atoms with van der Waals surface area (Å²) in [6.07, 6.45) is 3.98. The summed E-state index contributed by atoms with van der Waals surface area (Å²) in [6, 6.07) is 0. The molecule has 0 aromatic heterocycles. The predicted octanol–water partition coefficient (Wildman–Crippen LogP) is 1.71. The van der Waals surface area contributed by atoms with Gasteiger partial charge < -0.3 is 9.47 Å². The molecular formula is C13H20O4. The van der Waals surface area contributed by atoms with E-state index in [4.69, 9.17) is 9.47 Å². The molecule has 0 aromatic rings. The second-order valence-electron chi connectivity index (χ2n) is 5.49. The Bertz CT molecular complexity index is 325. The van der Waals surface area contributed by atoms with Crippen LogP contribution in [0.5, 0.6) is 0 Å². The topological polar surface area (TPSA) is 52.6 Å². The van der Waals surface area contributed by atoms with Crippen molar-refractivity contribution in [2.45, 2.75) is 44.6 Å². The van der Waals surface area contributed by atoms with Gasteiger partial charge in [0.1, 0.15) is 5.78 Å². The van der Waals surface area contributed by atoms with Gasteiger partial charge in [-0.1, -0.05) is 0 Å². The first-order valence-electron chi connectivity index (χ1n) is 6.23. The zero-order chi connectivity index (χ0) is 12.5. The molecule has 2 rings (SSSR count). The van der Waals surface area contributed by atoms with E-state index in [9.17, 15) is 9.59 Å². The van der Waals surface area contributed by atoms with Crippen LogP contribution in [0.25, 0.3) is 0 Å². The highest BCUT2D eigenvalue weighted by Crippen LogP contribution is 2.45. The Balaban J connectivity index is 2.01. The highest BCUT2D eigenvalue weighted by molar-refractivity contribution is 5.80. The summed E-state index contributed by atoms with van der Waals surface area (Å²) in [5.74, 6) is 0.827. The van der Waals surface area contributed by atoms with Crippen LogP contribution in [0.3, 0.4) is 0 Å². The highest BCUT2D eigenvalue weighted by Gasteiger charge is 2.46. The molecule has 0 aliphatic heterocycles. The third kappa shape index (κ3) is 2.86. The molecule has 0 amide bonds. The molecule has 0 aromatic carbocycles. The van der Waals surface area contributed by atoms with Crippen LogP contribution >= 0.6 is 0 Å². The van der Waals surface area contributed by atoms with Crippen LogP contribution in [0.4, 0.5) is 0 Å². The standard InChI is InChI=1S/C13H20O4/c1-9(14)17-8-11-3-10-4-12(15)7-13(5-10,6-11)16-2/h10-11H,3-8H2,1-2H3. The Hall–Kier alpha value is -0.900. The molecule has 0 N–H and O–H groups in total. The molecule has 2 aliphatic carbocycles. The van der Waals surface area contributed by atoms with E-state index in [1.54, 1.807) is 7.11 Å². The number of ether oxygens (including phenoxy) is 2. The number of fused-ring (bicyclic) bond motifs is 2. The van der Waals surface area contributed by atoms with Crippen LogP contribution in [0.2, 0.25) is 0 Å². The molecule has 0 heterocycles. The second-order valence-corrected chi connectivity index (χ2v) is 5.49. The number of carbonyl (C=O) groups excluding carboxylic acids is 2. The van der Waals surface area contributed by atoms with Gasteiger partial charge in [-0.25, -0.2) is 0 Å². The number of rotatable bonds is 3. The Kier molecular flexibility index (Phi) is 3.52. The van der Waals surface area contributed by atoms with Crippen molar-refractivity contribution in [1.82, 2.24) is 0 Å². The number of methoxy groups -OCH3 is 1. The van der Waals surface area contributed by atoms with E-state index >= 15 is 0 Å². The molecule has 3 unspecified atom stereocenters. The quantitative estimate of drug-likeness (QED) is 0.705. The first-order valence-corrected chi connectivity index (χ1v) is 6.23. The van der Waals surface area contributed by atoms with Crippen LogP contribution in [0, 0.1) is 11.8 Å². The molecule has 4 nitrogen and oxygen atoms in total. The lowest BCUT2D eigenvalue weighted by molar-refractivity contribution is -0.152. The molecule has 0 radical (unpaired) electrons. The first kappa shape index (κ1) is 12.6. The van der Waals surface area contributed by atoms with Crippen molar-refractivity contribution in [3.63, 3.8) is 0 Å². The zero-order valence-corrected chi connectivity index (χ0v) is 10.5. The fraction of sp³-hybridized carbons (Fsp3) is 0.846. The van der Waals surface area contributed by atoms with E-state index < -0.39 is 0 Å². The van der Waals surface area contributed by atoms with Gasteiger partial charge in [0.15, 0.2) is 0 Å². The van der Waals surface area contributed by atoms with Gasteiger partial charge in [-0.3, -0.25) is 9.59 Å². The van der Waals surface area contributed by atoms with Gasteiger partial charge in [0.25, 0.3) is 0 Å². The predicted molar refractivity (Wildman–Crippen MR) is 61.4 cm³/mol. The van der Waals surface area contributed by atoms with Crippen LogP contribution in [-0.2, 0) is 19.1 Å². The van der Waals surface area contributed by atoms with Crippen molar-refractivity contribution in [2.75, 3.05) is 13.7 Å². The van der Waals surface area contributed by atoms with Crippen molar-refractivity contribution in [2.24, 2.45) is 11.8 Å². The van der Waals surface area contributed by atoms with Crippen LogP contribution in [0.15, 0.2) is 0 Å². The first-order chi connectivity index (χ1) is 8.03. The Labute approximate surface area is 102 Å². The Morgan fingerprint density at radius 3 is 2.88 bits per heavy atom. The lowest BCUT2D eigenvalue weighted by Gasteiger charge is -2.46. The van der Waals surface area contributed by atoms with E-state index in [1.807, 2.05) is 0 Å². The minimum absolute atomic E-state index is 0.233. The van der Waals surface area contributed by atoms with Gasteiger partial charge in [0, 0.05) is 26.9 Å². The molecule has 17 heavy (non-hydrogen) atoms. The molecule has 0 saturated heterocycles. The number of hydrogen-bond acceptors (Lipinski definition) is 4. The van der Waals surface area contributed by atoms with Gasteiger partial charge in [0.2, 0.25) is 0 Å². The number of esters is 1. The lowest BCUT2D eigenvalue weighted by Crippen LogP contribution is -2.47. The van der Waals surface area contributed by atoms with Crippen molar-refractivity contribution < 1.29 is 19.1 Å². The summed E-state index contributed by atoms with van der Waals surface area (Å²) < 4.78 is 10.7. The van der Waals surface area contributed by atoms with Gasteiger partial charge in [-0.15, -0.1) is 0 Å². The maximum Gasteiger partial charge on any atom is 0.302 e. The third-order valence-electron chi connectivity index (χ3n) is 3.98. The van der Waals surface area contributed by atoms with Gasteiger partial charge in [-0.05, 0) is 31.1 Å². The SMILES string of the molecule is COC12CC(=O)CC(CC(COC(C)=O)C1)C2. The average molecular weight is 240 g/mol. The third-order valence-corrected chi connectivity index (χ3v) is 3.98. The molecule has 2 bridgehead atoms. The summed E-state index contributed by atoms with van der Waals surface area (Å²) in [4.78, 5) is 22.5. The van der Waals surface area contributed by atoms with Gasteiger partial charge in [0.05, 0.1) is 12.2 Å². The van der Waals surface area contributed by atoms with Crippen LogP contribution in [-0.4, -0.2) is 31.1 Å². The van der Waals surface area contributed by atoms with Crippen molar-refractivity contribution >= 4 is 11.8 Å². The maximum absolute atomic E-state index is 11.6. The fourth-order valence-corrected chi connectivity index (χ4v) is 3.43. The fourth-order valence-electron chi connectivity index (χ4n) is 3.43. The Morgan fingerprint density at radius 1 is 1.47 bits per heavy atom. The summed E-state index contributed by atoms with van der Waals surface area (Å²) in [5, 5.41) is 0. The summed E-state index contributed by atoms with van der Waals surface area (Å²) in [6.45, 7) is 1.89. The minimum Gasteiger partial charge on any atom is -0.466 e. The van der Waals surface area contributed by atoms with E-state index in [0.29, 0.717) is 37.1 Å². The molecule has 2 aliphatic rings. The van der Waals surface area contributed by atoms with Crippen molar-refractivity contribution in [3.05, 3.63) is 0 Å². The summed E-state index contributed by atoms with van der Waals surface area (Å²) >= 11 is 0. The number of ketones is 1. The lowest BCUT2D eigenvalue weighted by atomic mass is 9.65. The molecule has 96 valence electrons. The Morgan fingerprint density at radius 2 is 2.24 bits per heavy atom. The highest BCUT2D eigenvalue weighted by atomic mass is 16.5. The normalized spacial score (nSPS) is 36.7. The van der Waals surface area contributed by atoms with E-state index in [1.165, 1.54) is 6.92 Å². The molecule has 3 atom stereocenters. The van der Waals surface area contributed by atoms with Crippen LogP contribution in [0.1, 0.15) is 39.0 Å². The minimum atomic E-state index is -0.289.